The first-order valence-electron chi connectivity index (χ1n) is 7.64. The highest BCUT2D eigenvalue weighted by molar-refractivity contribution is 7.11. The fourth-order valence-corrected chi connectivity index (χ4v) is 2.99. The third-order valence-electron chi connectivity index (χ3n) is 3.26. The van der Waals surface area contributed by atoms with Crippen molar-refractivity contribution in [2.24, 2.45) is 4.99 Å². The van der Waals surface area contributed by atoms with E-state index in [1.54, 1.807) is 23.6 Å². The summed E-state index contributed by atoms with van der Waals surface area (Å²) >= 11 is 7.55. The summed E-state index contributed by atoms with van der Waals surface area (Å²) in [5, 5.41) is 8.24. The molecule has 0 radical (unpaired) electrons. The number of aryl methyl sites for hydroxylation is 2. The SMILES string of the molecule is CCNC(=NCc1ccc(Cl)nc1)NCCc1nc(C)c(C)s1. The normalized spacial score (nSPS) is 11.6. The van der Waals surface area contributed by atoms with Gasteiger partial charge in [0.2, 0.25) is 0 Å². The average Bonchev–Trinajstić information content (AvgIpc) is 2.85. The van der Waals surface area contributed by atoms with Crippen LogP contribution in [0.5, 0.6) is 0 Å². The molecule has 0 fully saturated rings. The quantitative estimate of drug-likeness (QED) is 0.477. The maximum Gasteiger partial charge on any atom is 0.191 e. The van der Waals surface area contributed by atoms with Crippen LogP contribution in [0.25, 0.3) is 0 Å². The fourth-order valence-electron chi connectivity index (χ4n) is 1.95. The van der Waals surface area contributed by atoms with Gasteiger partial charge in [0.15, 0.2) is 5.96 Å². The summed E-state index contributed by atoms with van der Waals surface area (Å²) in [6.07, 6.45) is 2.64. The molecular formula is C16H22ClN5S. The van der Waals surface area contributed by atoms with Crippen LogP contribution in [0.1, 0.15) is 28.1 Å². The topological polar surface area (TPSA) is 62.2 Å². The van der Waals surface area contributed by atoms with Crippen molar-refractivity contribution >= 4 is 28.9 Å². The van der Waals surface area contributed by atoms with Crippen LogP contribution < -0.4 is 10.6 Å². The number of thiazole rings is 1. The molecule has 0 aliphatic rings. The summed E-state index contributed by atoms with van der Waals surface area (Å²) in [4.78, 5) is 14.5. The number of aliphatic imine (C=N–C) groups is 1. The molecule has 0 aliphatic heterocycles. The minimum atomic E-state index is 0.497. The third kappa shape index (κ3) is 5.80. The molecule has 124 valence electrons. The molecule has 2 rings (SSSR count). The number of guanidine groups is 1. The lowest BCUT2D eigenvalue weighted by atomic mass is 10.3. The molecule has 0 spiro atoms. The van der Waals surface area contributed by atoms with Crippen LogP contribution in [0.15, 0.2) is 23.3 Å². The number of aromatic nitrogens is 2. The summed E-state index contributed by atoms with van der Waals surface area (Å²) in [6, 6.07) is 3.71. The number of nitrogens with zero attached hydrogens (tertiary/aromatic N) is 3. The zero-order valence-electron chi connectivity index (χ0n) is 13.7. The van der Waals surface area contributed by atoms with E-state index in [1.807, 2.05) is 6.07 Å². The number of hydrogen-bond donors (Lipinski definition) is 2. The first kappa shape index (κ1) is 17.7. The second-order valence-electron chi connectivity index (χ2n) is 5.11. The van der Waals surface area contributed by atoms with Gasteiger partial charge in [-0.1, -0.05) is 17.7 Å². The molecule has 0 atom stereocenters. The highest BCUT2D eigenvalue weighted by Gasteiger charge is 2.04. The summed E-state index contributed by atoms with van der Waals surface area (Å²) in [5.74, 6) is 0.799. The molecule has 0 bridgehead atoms. The Kier molecular flexibility index (Phi) is 6.80. The van der Waals surface area contributed by atoms with Crippen molar-refractivity contribution in [2.45, 2.75) is 33.7 Å². The van der Waals surface area contributed by atoms with Gasteiger partial charge in [-0.05, 0) is 32.4 Å². The van der Waals surface area contributed by atoms with E-state index in [2.05, 4.69) is 46.4 Å². The maximum absolute atomic E-state index is 5.79. The van der Waals surface area contributed by atoms with Crippen LogP contribution in [0.4, 0.5) is 0 Å². The van der Waals surface area contributed by atoms with Gasteiger partial charge in [-0.15, -0.1) is 11.3 Å². The Labute approximate surface area is 146 Å². The standard InChI is InChI=1S/C16H22ClN5S/c1-4-18-16(21-10-13-5-6-14(17)20-9-13)19-8-7-15-22-11(2)12(3)23-15/h5-6,9H,4,7-8,10H2,1-3H3,(H2,18,19,21). The Morgan fingerprint density at radius 2 is 2.13 bits per heavy atom. The van der Waals surface area contributed by atoms with E-state index in [4.69, 9.17) is 11.6 Å². The van der Waals surface area contributed by atoms with Crippen molar-refractivity contribution in [3.63, 3.8) is 0 Å². The zero-order chi connectivity index (χ0) is 16.7. The minimum Gasteiger partial charge on any atom is -0.357 e. The van der Waals surface area contributed by atoms with Crippen molar-refractivity contribution in [3.05, 3.63) is 44.6 Å². The lowest BCUT2D eigenvalue weighted by Gasteiger charge is -2.10. The third-order valence-corrected chi connectivity index (χ3v) is 4.61. The van der Waals surface area contributed by atoms with Crippen molar-refractivity contribution in [2.75, 3.05) is 13.1 Å². The van der Waals surface area contributed by atoms with Crippen molar-refractivity contribution in [3.8, 4) is 0 Å². The molecular weight excluding hydrogens is 330 g/mol. The molecule has 0 saturated carbocycles. The molecule has 2 aromatic rings. The van der Waals surface area contributed by atoms with Gasteiger partial charge in [-0.2, -0.15) is 0 Å². The van der Waals surface area contributed by atoms with E-state index in [-0.39, 0.29) is 0 Å². The van der Waals surface area contributed by atoms with E-state index in [9.17, 15) is 0 Å². The van der Waals surface area contributed by atoms with Gasteiger partial charge in [0.05, 0.1) is 17.2 Å². The van der Waals surface area contributed by atoms with Gasteiger partial charge in [0, 0.05) is 30.6 Å². The summed E-state index contributed by atoms with van der Waals surface area (Å²) < 4.78 is 0. The van der Waals surface area contributed by atoms with Crippen LogP contribution in [0.2, 0.25) is 5.15 Å². The molecule has 0 unspecified atom stereocenters. The Morgan fingerprint density at radius 3 is 2.74 bits per heavy atom. The molecule has 2 aromatic heterocycles. The van der Waals surface area contributed by atoms with E-state index >= 15 is 0 Å². The lowest BCUT2D eigenvalue weighted by molar-refractivity contribution is 0.795. The van der Waals surface area contributed by atoms with E-state index < -0.39 is 0 Å². The predicted molar refractivity (Wildman–Crippen MR) is 97.4 cm³/mol. The number of rotatable bonds is 6. The molecule has 0 aromatic carbocycles. The zero-order valence-corrected chi connectivity index (χ0v) is 15.3. The second kappa shape index (κ2) is 8.84. The van der Waals surface area contributed by atoms with Gasteiger partial charge >= 0.3 is 0 Å². The van der Waals surface area contributed by atoms with Crippen LogP contribution in [-0.2, 0) is 13.0 Å². The van der Waals surface area contributed by atoms with Crippen molar-refractivity contribution < 1.29 is 0 Å². The highest BCUT2D eigenvalue weighted by Crippen LogP contribution is 2.16. The predicted octanol–water partition coefficient (Wildman–Crippen LogP) is 3.11. The largest absolute Gasteiger partial charge is 0.357 e. The van der Waals surface area contributed by atoms with Crippen LogP contribution in [-0.4, -0.2) is 29.0 Å². The number of halogens is 1. The van der Waals surface area contributed by atoms with Crippen LogP contribution >= 0.6 is 22.9 Å². The van der Waals surface area contributed by atoms with Crippen molar-refractivity contribution in [1.82, 2.24) is 20.6 Å². The highest BCUT2D eigenvalue weighted by atomic mass is 35.5. The molecule has 0 saturated heterocycles. The van der Waals surface area contributed by atoms with E-state index in [0.29, 0.717) is 11.7 Å². The van der Waals surface area contributed by atoms with Gasteiger partial charge in [0.25, 0.3) is 0 Å². The molecule has 23 heavy (non-hydrogen) atoms. The monoisotopic (exact) mass is 351 g/mol. The lowest BCUT2D eigenvalue weighted by Crippen LogP contribution is -2.38. The maximum atomic E-state index is 5.79. The van der Waals surface area contributed by atoms with E-state index in [1.165, 1.54) is 4.88 Å². The number of nitrogens with one attached hydrogen (secondary N) is 2. The van der Waals surface area contributed by atoms with Crippen molar-refractivity contribution in [1.29, 1.82) is 0 Å². The first-order chi connectivity index (χ1) is 11.1. The molecule has 0 amide bonds. The minimum absolute atomic E-state index is 0.497. The molecule has 5 nitrogen and oxygen atoms in total. The Morgan fingerprint density at radius 1 is 1.30 bits per heavy atom. The summed E-state index contributed by atoms with van der Waals surface area (Å²) in [6.45, 7) is 8.39. The summed E-state index contributed by atoms with van der Waals surface area (Å²) in [7, 11) is 0. The average molecular weight is 352 g/mol. The second-order valence-corrected chi connectivity index (χ2v) is 6.79. The Balaban J connectivity index is 1.87. The molecule has 2 N–H and O–H groups in total. The van der Waals surface area contributed by atoms with Gasteiger partial charge in [0.1, 0.15) is 5.15 Å². The fraction of sp³-hybridized carbons (Fsp3) is 0.438. The Bertz CT molecular complexity index is 631. The summed E-state index contributed by atoms with van der Waals surface area (Å²) in [5.41, 5.74) is 2.15. The first-order valence-corrected chi connectivity index (χ1v) is 8.83. The van der Waals surface area contributed by atoms with Gasteiger partial charge in [-0.25, -0.2) is 15.0 Å². The Hall–Kier alpha value is -1.66. The number of pyridine rings is 1. The van der Waals surface area contributed by atoms with Crippen LogP contribution in [0, 0.1) is 13.8 Å². The smallest absolute Gasteiger partial charge is 0.191 e. The molecule has 2 heterocycles. The van der Waals surface area contributed by atoms with Gasteiger partial charge < -0.3 is 10.6 Å². The molecule has 7 heteroatoms. The van der Waals surface area contributed by atoms with Crippen LogP contribution in [0.3, 0.4) is 0 Å². The van der Waals surface area contributed by atoms with E-state index in [0.717, 1.165) is 41.7 Å². The van der Waals surface area contributed by atoms with Gasteiger partial charge in [-0.3, -0.25) is 0 Å². The molecule has 0 aliphatic carbocycles. The number of hydrogen-bond acceptors (Lipinski definition) is 4.